The molecule has 3 heteroatoms. The van der Waals surface area contributed by atoms with Crippen molar-refractivity contribution >= 4 is 5.91 Å². The van der Waals surface area contributed by atoms with Gasteiger partial charge in [0.15, 0.2) is 6.10 Å². The lowest BCUT2D eigenvalue weighted by Gasteiger charge is -2.09. The van der Waals surface area contributed by atoms with Crippen molar-refractivity contribution in [2.45, 2.75) is 33.3 Å². The van der Waals surface area contributed by atoms with Crippen LogP contribution >= 0.6 is 0 Å². The molecule has 0 fully saturated rings. The number of nitrogens with one attached hydrogen (secondary N) is 1. The Bertz CT molecular complexity index is 325. The van der Waals surface area contributed by atoms with Crippen LogP contribution in [-0.2, 0) is 11.2 Å². The maximum Gasteiger partial charge on any atom is 0.261 e. The number of amides is 1. The molecule has 88 valence electrons. The van der Waals surface area contributed by atoms with Crippen LogP contribution in [-0.4, -0.2) is 18.6 Å². The third kappa shape index (κ3) is 2.75. The third-order valence-corrected chi connectivity index (χ3v) is 2.29. The molecule has 1 N–H and O–H groups in total. The number of likely N-dealkylation sites (N-methyl/N-ethyl adjacent to an activating group) is 1. The lowest BCUT2D eigenvalue weighted by Crippen LogP contribution is -2.37. The van der Waals surface area contributed by atoms with Crippen molar-refractivity contribution in [3.8, 4) is 5.75 Å². The summed E-state index contributed by atoms with van der Waals surface area (Å²) >= 11 is 0. The zero-order valence-electron chi connectivity index (χ0n) is 10.1. The van der Waals surface area contributed by atoms with Crippen molar-refractivity contribution in [1.82, 2.24) is 5.32 Å². The Hall–Kier alpha value is -1.51. The highest BCUT2D eigenvalue weighted by molar-refractivity contribution is 5.82. The van der Waals surface area contributed by atoms with E-state index in [-0.39, 0.29) is 12.0 Å². The van der Waals surface area contributed by atoms with E-state index < -0.39 is 0 Å². The molecule has 0 aliphatic carbocycles. The molecule has 1 atom stereocenters. The van der Waals surface area contributed by atoms with Crippen molar-refractivity contribution in [1.29, 1.82) is 0 Å². The fourth-order valence-electron chi connectivity index (χ4n) is 1.62. The van der Waals surface area contributed by atoms with E-state index in [0.717, 1.165) is 11.3 Å². The smallest absolute Gasteiger partial charge is 0.261 e. The molecule has 2 rings (SSSR count). The van der Waals surface area contributed by atoms with E-state index in [4.69, 9.17) is 4.74 Å². The van der Waals surface area contributed by atoms with Crippen LogP contribution < -0.4 is 10.1 Å². The predicted octanol–water partition coefficient (Wildman–Crippen LogP) is 2.15. The van der Waals surface area contributed by atoms with Gasteiger partial charge in [0.2, 0.25) is 0 Å². The van der Waals surface area contributed by atoms with Crippen LogP contribution in [0.2, 0.25) is 0 Å². The van der Waals surface area contributed by atoms with Crippen molar-refractivity contribution < 1.29 is 9.53 Å². The van der Waals surface area contributed by atoms with E-state index in [0.29, 0.717) is 13.0 Å². The number of rotatable bonds is 2. The summed E-state index contributed by atoms with van der Waals surface area (Å²) < 4.78 is 5.51. The van der Waals surface area contributed by atoms with Crippen LogP contribution in [0.5, 0.6) is 5.75 Å². The molecule has 1 aliphatic rings. The van der Waals surface area contributed by atoms with Crippen molar-refractivity contribution in [3.05, 3.63) is 29.8 Å². The SMILES string of the molecule is CC.CCNC(=O)C1Cc2ccccc2O1. The van der Waals surface area contributed by atoms with Crippen LogP contribution in [0.15, 0.2) is 24.3 Å². The number of hydrogen-bond donors (Lipinski definition) is 1. The Morgan fingerprint density at radius 3 is 2.75 bits per heavy atom. The van der Waals surface area contributed by atoms with E-state index >= 15 is 0 Å². The van der Waals surface area contributed by atoms with Crippen LogP contribution in [0.4, 0.5) is 0 Å². The summed E-state index contributed by atoms with van der Waals surface area (Å²) in [7, 11) is 0. The van der Waals surface area contributed by atoms with Gasteiger partial charge >= 0.3 is 0 Å². The van der Waals surface area contributed by atoms with E-state index in [1.807, 2.05) is 45.0 Å². The van der Waals surface area contributed by atoms with Gasteiger partial charge in [-0.3, -0.25) is 4.79 Å². The Labute approximate surface area is 96.8 Å². The number of fused-ring (bicyclic) bond motifs is 1. The fraction of sp³-hybridized carbons (Fsp3) is 0.462. The molecule has 1 heterocycles. The highest BCUT2D eigenvalue weighted by Gasteiger charge is 2.27. The summed E-state index contributed by atoms with van der Waals surface area (Å²) in [6, 6.07) is 7.77. The zero-order chi connectivity index (χ0) is 12.0. The monoisotopic (exact) mass is 221 g/mol. The number of carbonyl (C=O) groups excluding carboxylic acids is 1. The van der Waals surface area contributed by atoms with Crippen LogP contribution in [0.3, 0.4) is 0 Å². The molecule has 0 bridgehead atoms. The van der Waals surface area contributed by atoms with Gasteiger partial charge in [-0.1, -0.05) is 32.0 Å². The van der Waals surface area contributed by atoms with Gasteiger partial charge in [0.05, 0.1) is 0 Å². The fourth-order valence-corrected chi connectivity index (χ4v) is 1.62. The molecule has 1 aromatic rings. The van der Waals surface area contributed by atoms with Gasteiger partial charge in [0, 0.05) is 13.0 Å². The average Bonchev–Trinajstić information content (AvgIpc) is 2.75. The van der Waals surface area contributed by atoms with Gasteiger partial charge in [-0.2, -0.15) is 0 Å². The predicted molar refractivity (Wildman–Crippen MR) is 64.6 cm³/mol. The minimum absolute atomic E-state index is 0.0244. The molecular formula is C13H19NO2. The number of carbonyl (C=O) groups is 1. The summed E-state index contributed by atoms with van der Waals surface area (Å²) in [5.74, 6) is 0.812. The Kier molecular flexibility index (Phi) is 4.83. The molecule has 16 heavy (non-hydrogen) atoms. The average molecular weight is 221 g/mol. The van der Waals surface area contributed by atoms with Gasteiger partial charge < -0.3 is 10.1 Å². The topological polar surface area (TPSA) is 38.3 Å². The molecule has 1 aliphatic heterocycles. The summed E-state index contributed by atoms with van der Waals surface area (Å²) in [5.41, 5.74) is 1.11. The Morgan fingerprint density at radius 1 is 1.44 bits per heavy atom. The molecule has 0 spiro atoms. The number of ether oxygens (including phenoxy) is 1. The van der Waals surface area contributed by atoms with Crippen molar-refractivity contribution in [2.24, 2.45) is 0 Å². The van der Waals surface area contributed by atoms with E-state index in [1.54, 1.807) is 0 Å². The normalized spacial score (nSPS) is 16.6. The van der Waals surface area contributed by atoms with Crippen LogP contribution in [0.25, 0.3) is 0 Å². The van der Waals surface area contributed by atoms with E-state index in [9.17, 15) is 4.79 Å². The van der Waals surface area contributed by atoms with Crippen LogP contribution in [0.1, 0.15) is 26.3 Å². The molecule has 3 nitrogen and oxygen atoms in total. The first-order chi connectivity index (χ1) is 7.81. The van der Waals surface area contributed by atoms with Crippen molar-refractivity contribution in [3.63, 3.8) is 0 Å². The first-order valence-electron chi connectivity index (χ1n) is 5.83. The molecule has 0 radical (unpaired) electrons. The molecule has 1 amide bonds. The minimum Gasteiger partial charge on any atom is -0.480 e. The molecule has 0 saturated heterocycles. The van der Waals surface area contributed by atoms with Gasteiger partial charge in [-0.15, -0.1) is 0 Å². The van der Waals surface area contributed by atoms with Crippen molar-refractivity contribution in [2.75, 3.05) is 6.54 Å². The van der Waals surface area contributed by atoms with Gasteiger partial charge in [-0.25, -0.2) is 0 Å². The second-order valence-corrected chi connectivity index (χ2v) is 3.31. The summed E-state index contributed by atoms with van der Waals surface area (Å²) in [5, 5.41) is 2.76. The Morgan fingerprint density at radius 2 is 2.12 bits per heavy atom. The molecule has 0 saturated carbocycles. The van der Waals surface area contributed by atoms with E-state index in [2.05, 4.69) is 5.32 Å². The zero-order valence-corrected chi connectivity index (χ0v) is 10.1. The largest absolute Gasteiger partial charge is 0.480 e. The molecule has 0 aromatic heterocycles. The highest BCUT2D eigenvalue weighted by atomic mass is 16.5. The summed E-state index contributed by atoms with van der Waals surface area (Å²) in [6.07, 6.45) is 0.342. The second-order valence-electron chi connectivity index (χ2n) is 3.31. The quantitative estimate of drug-likeness (QED) is 0.831. The number of benzene rings is 1. The Balaban J connectivity index is 0.000000606. The second kappa shape index (κ2) is 6.16. The van der Waals surface area contributed by atoms with Crippen LogP contribution in [0, 0.1) is 0 Å². The first-order valence-corrected chi connectivity index (χ1v) is 5.83. The summed E-state index contributed by atoms with van der Waals surface area (Å²) in [4.78, 5) is 11.5. The highest BCUT2D eigenvalue weighted by Crippen LogP contribution is 2.27. The number of hydrogen-bond acceptors (Lipinski definition) is 2. The number of para-hydroxylation sites is 1. The third-order valence-electron chi connectivity index (χ3n) is 2.29. The maximum absolute atomic E-state index is 11.5. The molecular weight excluding hydrogens is 202 g/mol. The van der Waals surface area contributed by atoms with Gasteiger partial charge in [0.1, 0.15) is 5.75 Å². The minimum atomic E-state index is -0.340. The summed E-state index contributed by atoms with van der Waals surface area (Å²) in [6.45, 7) is 6.55. The molecule has 1 aromatic carbocycles. The maximum atomic E-state index is 11.5. The first kappa shape index (κ1) is 12.6. The van der Waals surface area contributed by atoms with Gasteiger partial charge in [-0.05, 0) is 18.6 Å². The molecule has 1 unspecified atom stereocenters. The standard InChI is InChI=1S/C11H13NO2.C2H6/c1-2-12-11(13)10-7-8-5-3-4-6-9(8)14-10;1-2/h3-6,10H,2,7H2,1H3,(H,12,13);1-2H3. The lowest BCUT2D eigenvalue weighted by atomic mass is 10.1. The van der Waals surface area contributed by atoms with E-state index in [1.165, 1.54) is 0 Å². The van der Waals surface area contributed by atoms with Gasteiger partial charge in [0.25, 0.3) is 5.91 Å². The lowest BCUT2D eigenvalue weighted by molar-refractivity contribution is -0.127.